The largest absolute Gasteiger partial charge is 0.344 e. The molecule has 0 aliphatic carbocycles. The Bertz CT molecular complexity index is 511. The van der Waals surface area contributed by atoms with E-state index in [2.05, 4.69) is 16.5 Å². The summed E-state index contributed by atoms with van der Waals surface area (Å²) in [5.74, 6) is 0. The number of nitrogens with zero attached hydrogens (tertiary/aromatic N) is 3. The first-order valence-electron chi connectivity index (χ1n) is 5.73. The van der Waals surface area contributed by atoms with Crippen molar-refractivity contribution in [3.8, 4) is 0 Å². The Morgan fingerprint density at radius 1 is 1.47 bits per heavy atom. The number of aromatic nitrogens is 3. The van der Waals surface area contributed by atoms with Gasteiger partial charge in [-0.2, -0.15) is 0 Å². The van der Waals surface area contributed by atoms with Crippen molar-refractivity contribution in [3.05, 3.63) is 41.7 Å². The molecular weight excluding hydrogens is 214 g/mol. The molecule has 2 heterocycles. The molecule has 0 saturated heterocycles. The van der Waals surface area contributed by atoms with Gasteiger partial charge in [0.15, 0.2) is 6.29 Å². The average molecular weight is 231 g/mol. The summed E-state index contributed by atoms with van der Waals surface area (Å²) >= 11 is 0. The second-order valence-corrected chi connectivity index (χ2v) is 4.42. The first-order valence-corrected chi connectivity index (χ1v) is 5.73. The third-order valence-electron chi connectivity index (χ3n) is 3.13. The standard InChI is InChI=1S/C13H17N3O/c1-10-6-13(8-17)12(3)16(10)11(2)7-15-5-4-14-9-15/h4-6,8-9,11H,7H2,1-3H3. The van der Waals surface area contributed by atoms with Crippen LogP contribution in [-0.2, 0) is 6.54 Å². The Hall–Kier alpha value is -1.84. The molecule has 0 radical (unpaired) electrons. The van der Waals surface area contributed by atoms with Crippen LogP contribution in [0.15, 0.2) is 24.8 Å². The predicted molar refractivity (Wildman–Crippen MR) is 66.2 cm³/mol. The smallest absolute Gasteiger partial charge is 0.151 e. The minimum Gasteiger partial charge on any atom is -0.344 e. The van der Waals surface area contributed by atoms with Gasteiger partial charge in [0.05, 0.1) is 6.33 Å². The van der Waals surface area contributed by atoms with Crippen LogP contribution in [0.25, 0.3) is 0 Å². The van der Waals surface area contributed by atoms with Gasteiger partial charge < -0.3 is 9.13 Å². The van der Waals surface area contributed by atoms with Crippen LogP contribution < -0.4 is 0 Å². The zero-order valence-corrected chi connectivity index (χ0v) is 10.4. The summed E-state index contributed by atoms with van der Waals surface area (Å²) in [7, 11) is 0. The number of rotatable bonds is 4. The quantitative estimate of drug-likeness (QED) is 0.758. The van der Waals surface area contributed by atoms with Crippen molar-refractivity contribution in [3.63, 3.8) is 0 Å². The summed E-state index contributed by atoms with van der Waals surface area (Å²) in [6, 6.07) is 2.24. The Morgan fingerprint density at radius 2 is 2.24 bits per heavy atom. The maximum Gasteiger partial charge on any atom is 0.151 e. The molecule has 2 aromatic rings. The van der Waals surface area contributed by atoms with E-state index in [0.29, 0.717) is 6.04 Å². The molecule has 0 spiro atoms. The molecule has 4 heteroatoms. The molecule has 0 aliphatic heterocycles. The first-order chi connectivity index (χ1) is 8.13. The highest BCUT2D eigenvalue weighted by Gasteiger charge is 2.13. The molecule has 17 heavy (non-hydrogen) atoms. The highest BCUT2D eigenvalue weighted by molar-refractivity contribution is 5.77. The highest BCUT2D eigenvalue weighted by Crippen LogP contribution is 2.20. The molecule has 2 rings (SSSR count). The van der Waals surface area contributed by atoms with Gasteiger partial charge in [-0.1, -0.05) is 0 Å². The van der Waals surface area contributed by atoms with Crippen molar-refractivity contribution >= 4 is 6.29 Å². The molecule has 0 saturated carbocycles. The van der Waals surface area contributed by atoms with Crippen LogP contribution in [0.1, 0.15) is 34.7 Å². The topological polar surface area (TPSA) is 39.8 Å². The molecule has 1 atom stereocenters. The van der Waals surface area contributed by atoms with Crippen molar-refractivity contribution in [1.82, 2.24) is 14.1 Å². The number of carbonyl (C=O) groups is 1. The minimum absolute atomic E-state index is 0.304. The lowest BCUT2D eigenvalue weighted by atomic mass is 10.2. The second kappa shape index (κ2) is 4.57. The zero-order valence-electron chi connectivity index (χ0n) is 10.4. The van der Waals surface area contributed by atoms with Gasteiger partial charge >= 0.3 is 0 Å². The van der Waals surface area contributed by atoms with Gasteiger partial charge in [0.1, 0.15) is 0 Å². The van der Waals surface area contributed by atoms with E-state index in [4.69, 9.17) is 0 Å². The zero-order chi connectivity index (χ0) is 12.4. The van der Waals surface area contributed by atoms with Gasteiger partial charge in [-0.25, -0.2) is 4.98 Å². The number of hydrogen-bond acceptors (Lipinski definition) is 2. The van der Waals surface area contributed by atoms with Crippen LogP contribution in [0.5, 0.6) is 0 Å². The van der Waals surface area contributed by atoms with Gasteiger partial charge in [-0.15, -0.1) is 0 Å². The van der Waals surface area contributed by atoms with E-state index < -0.39 is 0 Å². The fourth-order valence-corrected chi connectivity index (χ4v) is 2.38. The number of aryl methyl sites for hydroxylation is 1. The van der Waals surface area contributed by atoms with Crippen LogP contribution in [0.2, 0.25) is 0 Å². The molecule has 0 fully saturated rings. The van der Waals surface area contributed by atoms with Gasteiger partial charge in [-0.05, 0) is 26.8 Å². The molecule has 0 aromatic carbocycles. The molecule has 0 amide bonds. The van der Waals surface area contributed by atoms with Crippen molar-refractivity contribution < 1.29 is 4.79 Å². The van der Waals surface area contributed by atoms with Gasteiger partial charge in [0.25, 0.3) is 0 Å². The molecule has 0 bridgehead atoms. The van der Waals surface area contributed by atoms with E-state index in [0.717, 1.165) is 29.8 Å². The number of aldehydes is 1. The van der Waals surface area contributed by atoms with Crippen molar-refractivity contribution in [2.45, 2.75) is 33.4 Å². The van der Waals surface area contributed by atoms with Crippen molar-refractivity contribution in [2.24, 2.45) is 0 Å². The fourth-order valence-electron chi connectivity index (χ4n) is 2.38. The van der Waals surface area contributed by atoms with E-state index in [1.807, 2.05) is 37.0 Å². The molecule has 0 aliphatic rings. The van der Waals surface area contributed by atoms with Crippen LogP contribution >= 0.6 is 0 Å². The SMILES string of the molecule is Cc1cc(C=O)c(C)n1C(C)Cn1ccnc1. The molecule has 2 aromatic heterocycles. The summed E-state index contributed by atoms with van der Waals surface area (Å²) in [6.45, 7) is 7.02. The van der Waals surface area contributed by atoms with Gasteiger partial charge in [0, 0.05) is 41.9 Å². The normalized spacial score (nSPS) is 12.6. The van der Waals surface area contributed by atoms with Crippen LogP contribution in [-0.4, -0.2) is 20.4 Å². The van der Waals surface area contributed by atoms with Gasteiger partial charge in [-0.3, -0.25) is 4.79 Å². The molecule has 4 nitrogen and oxygen atoms in total. The minimum atomic E-state index is 0.304. The predicted octanol–water partition coefficient (Wildman–Crippen LogP) is 2.38. The van der Waals surface area contributed by atoms with E-state index in [-0.39, 0.29) is 0 Å². The van der Waals surface area contributed by atoms with E-state index in [9.17, 15) is 4.79 Å². The van der Waals surface area contributed by atoms with E-state index >= 15 is 0 Å². The fraction of sp³-hybridized carbons (Fsp3) is 0.385. The third-order valence-corrected chi connectivity index (χ3v) is 3.13. The van der Waals surface area contributed by atoms with Crippen LogP contribution in [0.4, 0.5) is 0 Å². The molecular formula is C13H17N3O. The summed E-state index contributed by atoms with van der Waals surface area (Å²) < 4.78 is 4.24. The van der Waals surface area contributed by atoms with Crippen LogP contribution in [0.3, 0.4) is 0 Å². The summed E-state index contributed by atoms with van der Waals surface area (Å²) in [6.07, 6.45) is 6.46. The van der Waals surface area contributed by atoms with Crippen LogP contribution in [0, 0.1) is 13.8 Å². The van der Waals surface area contributed by atoms with E-state index in [1.54, 1.807) is 6.20 Å². The Kier molecular flexibility index (Phi) is 3.13. The Balaban J connectivity index is 2.27. The van der Waals surface area contributed by atoms with Crippen molar-refractivity contribution in [1.29, 1.82) is 0 Å². The highest BCUT2D eigenvalue weighted by atomic mass is 16.1. The molecule has 0 N–H and O–H groups in total. The maximum atomic E-state index is 10.9. The van der Waals surface area contributed by atoms with Crippen molar-refractivity contribution in [2.75, 3.05) is 0 Å². The second-order valence-electron chi connectivity index (χ2n) is 4.42. The summed E-state index contributed by atoms with van der Waals surface area (Å²) in [4.78, 5) is 14.9. The molecule has 1 unspecified atom stereocenters. The lowest BCUT2D eigenvalue weighted by molar-refractivity contribution is 0.112. The lowest BCUT2D eigenvalue weighted by Crippen LogP contribution is -2.14. The Labute approximate surface area is 101 Å². The third kappa shape index (κ3) is 2.16. The van der Waals surface area contributed by atoms with E-state index in [1.165, 1.54) is 0 Å². The molecule has 90 valence electrons. The number of imidazole rings is 1. The first kappa shape index (κ1) is 11.6. The summed E-state index contributed by atoms with van der Waals surface area (Å²) in [5.41, 5.74) is 2.93. The lowest BCUT2D eigenvalue weighted by Gasteiger charge is -2.19. The average Bonchev–Trinajstić information content (AvgIpc) is 2.87. The Morgan fingerprint density at radius 3 is 2.76 bits per heavy atom. The maximum absolute atomic E-state index is 10.9. The number of hydrogen-bond donors (Lipinski definition) is 0. The summed E-state index contributed by atoms with van der Waals surface area (Å²) in [5, 5.41) is 0. The number of carbonyl (C=O) groups excluding carboxylic acids is 1. The monoisotopic (exact) mass is 231 g/mol. The van der Waals surface area contributed by atoms with Gasteiger partial charge in [0.2, 0.25) is 0 Å².